The zero-order chi connectivity index (χ0) is 10.6. The average molecular weight is 192 g/mol. The molecule has 14 heavy (non-hydrogen) atoms. The molecule has 0 unspecified atom stereocenters. The van der Waals surface area contributed by atoms with E-state index in [1.165, 1.54) is 5.56 Å². The van der Waals surface area contributed by atoms with Crippen LogP contribution in [0.3, 0.4) is 0 Å². The minimum Gasteiger partial charge on any atom is -0.493 e. The van der Waals surface area contributed by atoms with E-state index in [-0.39, 0.29) is 0 Å². The van der Waals surface area contributed by atoms with Crippen molar-refractivity contribution in [3.8, 4) is 5.75 Å². The zero-order valence-corrected chi connectivity index (χ0v) is 8.96. The number of rotatable bonds is 4. The van der Waals surface area contributed by atoms with Crippen LogP contribution in [0.2, 0.25) is 0 Å². The van der Waals surface area contributed by atoms with Crippen LogP contribution in [0.25, 0.3) is 0 Å². The number of benzene rings is 1. The lowest BCUT2D eigenvalue weighted by Crippen LogP contribution is -2.01. The molecule has 2 nitrogen and oxygen atoms in total. The van der Waals surface area contributed by atoms with Crippen molar-refractivity contribution in [3.05, 3.63) is 28.8 Å². The van der Waals surface area contributed by atoms with Gasteiger partial charge in [0.05, 0.1) is 6.61 Å². The number of aryl methyl sites for hydroxylation is 3. The van der Waals surface area contributed by atoms with Gasteiger partial charge in [-0.05, 0) is 31.9 Å². The van der Waals surface area contributed by atoms with Crippen molar-refractivity contribution >= 4 is 6.29 Å². The van der Waals surface area contributed by atoms with Crippen LogP contribution >= 0.6 is 0 Å². The van der Waals surface area contributed by atoms with Crippen LogP contribution in [0, 0.1) is 20.8 Å². The molecule has 0 aliphatic rings. The van der Waals surface area contributed by atoms with E-state index in [2.05, 4.69) is 19.1 Å². The Hall–Kier alpha value is -1.31. The molecule has 0 fully saturated rings. The number of ether oxygens (including phenoxy) is 1. The first kappa shape index (κ1) is 10.8. The largest absolute Gasteiger partial charge is 0.493 e. The van der Waals surface area contributed by atoms with Crippen molar-refractivity contribution in [1.82, 2.24) is 0 Å². The molecule has 0 aliphatic heterocycles. The second-order valence-electron chi connectivity index (χ2n) is 3.53. The van der Waals surface area contributed by atoms with Gasteiger partial charge in [0.25, 0.3) is 0 Å². The van der Waals surface area contributed by atoms with Crippen molar-refractivity contribution in [2.75, 3.05) is 6.61 Å². The summed E-state index contributed by atoms with van der Waals surface area (Å²) in [6.45, 7) is 6.58. The maximum Gasteiger partial charge on any atom is 0.125 e. The van der Waals surface area contributed by atoms with E-state index in [0.717, 1.165) is 23.2 Å². The lowest BCUT2D eigenvalue weighted by Gasteiger charge is -2.11. The van der Waals surface area contributed by atoms with Crippen molar-refractivity contribution in [1.29, 1.82) is 0 Å². The zero-order valence-electron chi connectivity index (χ0n) is 8.96. The van der Waals surface area contributed by atoms with Gasteiger partial charge in [-0.15, -0.1) is 0 Å². The first-order valence-electron chi connectivity index (χ1n) is 4.79. The Morgan fingerprint density at radius 2 is 1.79 bits per heavy atom. The van der Waals surface area contributed by atoms with Crippen LogP contribution < -0.4 is 4.74 Å². The van der Waals surface area contributed by atoms with E-state index < -0.39 is 0 Å². The highest BCUT2D eigenvalue weighted by Crippen LogP contribution is 2.24. The molecule has 2 heteroatoms. The molecule has 0 saturated heterocycles. The van der Waals surface area contributed by atoms with Gasteiger partial charge in [0.2, 0.25) is 0 Å². The number of carbonyl (C=O) groups is 1. The normalized spacial score (nSPS) is 9.93. The summed E-state index contributed by atoms with van der Waals surface area (Å²) in [7, 11) is 0. The summed E-state index contributed by atoms with van der Waals surface area (Å²) < 4.78 is 5.53. The van der Waals surface area contributed by atoms with Crippen LogP contribution in [0.4, 0.5) is 0 Å². The van der Waals surface area contributed by atoms with E-state index in [1.54, 1.807) is 0 Å². The van der Waals surface area contributed by atoms with Crippen LogP contribution in [0.1, 0.15) is 23.1 Å². The Labute approximate surface area is 84.9 Å². The maximum absolute atomic E-state index is 10.1. The predicted molar refractivity (Wildman–Crippen MR) is 56.8 cm³/mol. The summed E-state index contributed by atoms with van der Waals surface area (Å²) in [5, 5.41) is 0. The molecule has 0 heterocycles. The fourth-order valence-corrected chi connectivity index (χ4v) is 1.60. The first-order chi connectivity index (χ1) is 6.65. The third-order valence-corrected chi connectivity index (χ3v) is 2.09. The van der Waals surface area contributed by atoms with Gasteiger partial charge in [0.15, 0.2) is 0 Å². The number of hydrogen-bond donors (Lipinski definition) is 0. The highest BCUT2D eigenvalue weighted by Gasteiger charge is 2.04. The fourth-order valence-electron chi connectivity index (χ4n) is 1.60. The quantitative estimate of drug-likeness (QED) is 0.541. The number of carbonyl (C=O) groups excluding carboxylic acids is 1. The molecule has 1 rings (SSSR count). The van der Waals surface area contributed by atoms with Gasteiger partial charge in [-0.1, -0.05) is 17.7 Å². The summed E-state index contributed by atoms with van der Waals surface area (Å²) in [5.74, 6) is 0.914. The van der Waals surface area contributed by atoms with E-state index in [0.29, 0.717) is 13.0 Å². The predicted octanol–water partition coefficient (Wildman–Crippen LogP) is 2.58. The molecule has 76 valence electrons. The molecule has 0 radical (unpaired) electrons. The topological polar surface area (TPSA) is 26.3 Å². The molecule has 0 N–H and O–H groups in total. The van der Waals surface area contributed by atoms with Gasteiger partial charge in [-0.3, -0.25) is 0 Å². The van der Waals surface area contributed by atoms with Gasteiger partial charge in [0.1, 0.15) is 12.0 Å². The molecule has 0 aliphatic carbocycles. The Kier molecular flexibility index (Phi) is 3.69. The lowest BCUT2D eigenvalue weighted by atomic mass is 10.1. The average Bonchev–Trinajstić information content (AvgIpc) is 2.09. The number of aldehydes is 1. The third kappa shape index (κ3) is 2.59. The summed E-state index contributed by atoms with van der Waals surface area (Å²) in [6, 6.07) is 4.17. The minimum atomic E-state index is 0.451. The first-order valence-corrected chi connectivity index (χ1v) is 4.79. The Morgan fingerprint density at radius 1 is 1.21 bits per heavy atom. The van der Waals surface area contributed by atoms with Crippen molar-refractivity contribution in [3.63, 3.8) is 0 Å². The van der Waals surface area contributed by atoms with Gasteiger partial charge in [0, 0.05) is 6.42 Å². The summed E-state index contributed by atoms with van der Waals surface area (Å²) in [4.78, 5) is 10.1. The standard InChI is InChI=1S/C12H16O2/c1-9-7-10(2)12(11(3)8-9)14-6-4-5-13/h5,7-8H,4,6H2,1-3H3. The van der Waals surface area contributed by atoms with E-state index in [9.17, 15) is 4.79 Å². The van der Waals surface area contributed by atoms with E-state index in [1.807, 2.05) is 13.8 Å². The molecule has 0 bridgehead atoms. The molecule has 0 amide bonds. The van der Waals surface area contributed by atoms with Crippen LogP contribution in [-0.2, 0) is 4.79 Å². The minimum absolute atomic E-state index is 0.451. The summed E-state index contributed by atoms with van der Waals surface area (Å²) in [5.41, 5.74) is 3.50. The fraction of sp³-hybridized carbons (Fsp3) is 0.417. The second kappa shape index (κ2) is 4.80. The summed E-state index contributed by atoms with van der Waals surface area (Å²) in [6.07, 6.45) is 1.33. The maximum atomic E-state index is 10.1. The molecule has 0 aromatic heterocycles. The third-order valence-electron chi connectivity index (χ3n) is 2.09. The Bertz CT molecular complexity index is 306. The smallest absolute Gasteiger partial charge is 0.125 e. The van der Waals surface area contributed by atoms with Crippen LogP contribution in [0.5, 0.6) is 5.75 Å². The van der Waals surface area contributed by atoms with Crippen LogP contribution in [0.15, 0.2) is 12.1 Å². The van der Waals surface area contributed by atoms with Gasteiger partial charge in [-0.2, -0.15) is 0 Å². The monoisotopic (exact) mass is 192 g/mol. The molecule has 1 aromatic carbocycles. The second-order valence-corrected chi connectivity index (χ2v) is 3.53. The highest BCUT2D eigenvalue weighted by molar-refractivity contribution is 5.49. The summed E-state index contributed by atoms with van der Waals surface area (Å²) >= 11 is 0. The molecular weight excluding hydrogens is 176 g/mol. The van der Waals surface area contributed by atoms with Crippen molar-refractivity contribution < 1.29 is 9.53 Å². The van der Waals surface area contributed by atoms with E-state index in [4.69, 9.17) is 4.74 Å². The Morgan fingerprint density at radius 3 is 2.29 bits per heavy atom. The van der Waals surface area contributed by atoms with Crippen molar-refractivity contribution in [2.24, 2.45) is 0 Å². The van der Waals surface area contributed by atoms with Gasteiger partial charge >= 0.3 is 0 Å². The Balaban J connectivity index is 2.80. The molecule has 0 spiro atoms. The number of hydrogen-bond acceptors (Lipinski definition) is 2. The lowest BCUT2D eigenvalue weighted by molar-refractivity contribution is -0.108. The molecule has 0 saturated carbocycles. The molecule has 0 atom stereocenters. The SMILES string of the molecule is Cc1cc(C)c(OCCC=O)c(C)c1. The van der Waals surface area contributed by atoms with Crippen molar-refractivity contribution in [2.45, 2.75) is 27.2 Å². The molecule has 1 aromatic rings. The van der Waals surface area contributed by atoms with Crippen LogP contribution in [-0.4, -0.2) is 12.9 Å². The highest BCUT2D eigenvalue weighted by atomic mass is 16.5. The van der Waals surface area contributed by atoms with E-state index >= 15 is 0 Å². The van der Waals surface area contributed by atoms with Gasteiger partial charge < -0.3 is 9.53 Å². The van der Waals surface area contributed by atoms with Gasteiger partial charge in [-0.25, -0.2) is 0 Å². The molecular formula is C12H16O2.